The van der Waals surface area contributed by atoms with E-state index in [1.165, 1.54) is 0 Å². The highest BCUT2D eigenvalue weighted by Crippen LogP contribution is 2.51. The van der Waals surface area contributed by atoms with E-state index in [0.717, 1.165) is 33.8 Å². The molecule has 14 heteroatoms. The summed E-state index contributed by atoms with van der Waals surface area (Å²) in [6, 6.07) is 38.8. The predicted octanol–water partition coefficient (Wildman–Crippen LogP) is 9.44. The van der Waals surface area contributed by atoms with Crippen molar-refractivity contribution in [3.8, 4) is 17.6 Å². The maximum Gasteiger partial charge on any atom is 0.259 e. The smallest absolute Gasteiger partial charge is 0.259 e. The Bertz CT molecular complexity index is 2300. The van der Waals surface area contributed by atoms with Crippen LogP contribution in [0.15, 0.2) is 122 Å². The summed E-state index contributed by atoms with van der Waals surface area (Å²) in [6.07, 6.45) is 2.45. The molecule has 1 aliphatic heterocycles. The molecule has 0 radical (unpaired) electrons. The number of hydrogen-bond acceptors (Lipinski definition) is 12. The topological polar surface area (TPSA) is 129 Å². The Morgan fingerprint density at radius 2 is 1.42 bits per heavy atom. The Balaban J connectivity index is 1.29. The standard InChI is InChI=1S/C48H56N7O6P/c1-34(2)55(35(3)4)62(59-28-14-27-49)61-42-29-44(54-33-52-45-46(50-32-51-47(45)54)53(5)30-36-15-10-8-11-16-36)60-43(42)31-58-48(37-17-12-9-13-18-37,38-19-23-40(56-6)24-20-38)39-21-25-41(57-7)26-22-39/h8-13,15-26,32-35,42-44H,14,28-31H2,1-7H3/t42-,43+,44+,62?/m0/s1. The molecule has 1 fully saturated rings. The van der Waals surface area contributed by atoms with Gasteiger partial charge in [-0.1, -0.05) is 84.9 Å². The monoisotopic (exact) mass is 857 g/mol. The molecule has 0 amide bonds. The van der Waals surface area contributed by atoms with Gasteiger partial charge in [-0.2, -0.15) is 5.26 Å². The highest BCUT2D eigenvalue weighted by atomic mass is 31.2. The number of nitrogens with zero attached hydrogens (tertiary/aromatic N) is 7. The van der Waals surface area contributed by atoms with Gasteiger partial charge >= 0.3 is 0 Å². The van der Waals surface area contributed by atoms with Crippen LogP contribution in [0.25, 0.3) is 11.2 Å². The van der Waals surface area contributed by atoms with E-state index in [1.807, 2.05) is 96.5 Å². The fraction of sp³-hybridized carbons (Fsp3) is 0.375. The van der Waals surface area contributed by atoms with Crippen LogP contribution in [0.5, 0.6) is 11.5 Å². The van der Waals surface area contributed by atoms with Gasteiger partial charge in [0.25, 0.3) is 8.53 Å². The molecule has 1 aliphatic rings. The summed E-state index contributed by atoms with van der Waals surface area (Å²) >= 11 is 0. The van der Waals surface area contributed by atoms with Crippen molar-refractivity contribution in [1.82, 2.24) is 24.2 Å². The van der Waals surface area contributed by atoms with Gasteiger partial charge in [-0.3, -0.25) is 4.57 Å². The summed E-state index contributed by atoms with van der Waals surface area (Å²) in [5.74, 6) is 2.18. The van der Waals surface area contributed by atoms with E-state index in [2.05, 4.69) is 72.6 Å². The molecule has 4 atom stereocenters. The first-order valence-electron chi connectivity index (χ1n) is 21.0. The second-order valence-electron chi connectivity index (χ2n) is 15.7. The Morgan fingerprint density at radius 1 is 0.823 bits per heavy atom. The van der Waals surface area contributed by atoms with Crippen LogP contribution < -0.4 is 14.4 Å². The molecule has 0 aliphatic carbocycles. The largest absolute Gasteiger partial charge is 0.497 e. The van der Waals surface area contributed by atoms with Crippen LogP contribution in [0.4, 0.5) is 5.82 Å². The van der Waals surface area contributed by atoms with Crippen LogP contribution in [0.3, 0.4) is 0 Å². The van der Waals surface area contributed by atoms with E-state index in [1.54, 1.807) is 26.9 Å². The van der Waals surface area contributed by atoms with Crippen LogP contribution in [0.2, 0.25) is 0 Å². The third kappa shape index (κ3) is 9.77. The second kappa shape index (κ2) is 20.6. The van der Waals surface area contributed by atoms with Crippen molar-refractivity contribution in [3.63, 3.8) is 0 Å². The quantitative estimate of drug-likeness (QED) is 0.0412. The van der Waals surface area contributed by atoms with Crippen LogP contribution >= 0.6 is 8.53 Å². The lowest BCUT2D eigenvalue weighted by atomic mass is 9.80. The van der Waals surface area contributed by atoms with Crippen molar-refractivity contribution >= 4 is 25.5 Å². The molecule has 1 saturated heterocycles. The molecule has 2 aromatic heterocycles. The molecule has 4 aromatic carbocycles. The molecule has 0 spiro atoms. The zero-order valence-electron chi connectivity index (χ0n) is 36.5. The summed E-state index contributed by atoms with van der Waals surface area (Å²) < 4.78 is 43.4. The van der Waals surface area contributed by atoms with Gasteiger partial charge < -0.3 is 32.9 Å². The highest BCUT2D eigenvalue weighted by molar-refractivity contribution is 7.44. The number of nitriles is 1. The van der Waals surface area contributed by atoms with Crippen molar-refractivity contribution in [3.05, 3.63) is 144 Å². The average Bonchev–Trinajstić information content (AvgIpc) is 3.91. The third-order valence-corrected chi connectivity index (χ3v) is 13.1. The predicted molar refractivity (Wildman–Crippen MR) is 241 cm³/mol. The number of fused-ring (bicyclic) bond motifs is 1. The third-order valence-electron chi connectivity index (χ3n) is 11.0. The molecule has 0 bridgehead atoms. The molecule has 7 rings (SSSR count). The van der Waals surface area contributed by atoms with Crippen molar-refractivity contribution < 1.29 is 28.0 Å². The molecular formula is C48H56N7O6P. The first-order chi connectivity index (χ1) is 30.2. The minimum atomic E-state index is -1.62. The summed E-state index contributed by atoms with van der Waals surface area (Å²) in [6.45, 7) is 9.53. The van der Waals surface area contributed by atoms with Crippen molar-refractivity contribution in [2.45, 2.75) is 83.2 Å². The number of anilines is 1. The molecule has 0 saturated carbocycles. The van der Waals surface area contributed by atoms with Gasteiger partial charge in [-0.05, 0) is 74.2 Å². The Morgan fingerprint density at radius 3 is 2.00 bits per heavy atom. The van der Waals surface area contributed by atoms with Gasteiger partial charge in [0, 0.05) is 32.1 Å². The van der Waals surface area contributed by atoms with Crippen LogP contribution in [0.1, 0.15) is 69.0 Å². The van der Waals surface area contributed by atoms with Crippen molar-refractivity contribution in [2.24, 2.45) is 0 Å². The number of rotatable bonds is 20. The molecule has 6 aromatic rings. The number of hydrogen-bond donors (Lipinski definition) is 0. The fourth-order valence-corrected chi connectivity index (χ4v) is 9.84. The molecule has 3 heterocycles. The van der Waals surface area contributed by atoms with E-state index < -0.39 is 32.6 Å². The van der Waals surface area contributed by atoms with Gasteiger partial charge in [-0.25, -0.2) is 19.6 Å². The zero-order valence-corrected chi connectivity index (χ0v) is 37.4. The normalized spacial score (nSPS) is 17.1. The molecule has 62 heavy (non-hydrogen) atoms. The van der Waals surface area contributed by atoms with E-state index in [0.29, 0.717) is 29.9 Å². The first kappa shape index (κ1) is 44.6. The number of ether oxygens (including phenoxy) is 4. The second-order valence-corrected chi connectivity index (χ2v) is 17.1. The molecule has 0 N–H and O–H groups in total. The molecule has 324 valence electrons. The van der Waals surface area contributed by atoms with E-state index >= 15 is 0 Å². The Hall–Kier alpha value is -5.45. The number of imidazole rings is 1. The number of benzene rings is 4. The summed E-state index contributed by atoms with van der Waals surface area (Å²) in [5, 5.41) is 9.45. The minimum absolute atomic E-state index is 0.104. The van der Waals surface area contributed by atoms with Crippen LogP contribution in [0, 0.1) is 11.3 Å². The maximum atomic E-state index is 9.45. The Labute approximate surface area is 366 Å². The van der Waals surface area contributed by atoms with Gasteiger partial charge in [-0.15, -0.1) is 0 Å². The fourth-order valence-electron chi connectivity index (χ4n) is 8.09. The van der Waals surface area contributed by atoms with Crippen molar-refractivity contribution in [2.75, 3.05) is 39.4 Å². The summed E-state index contributed by atoms with van der Waals surface area (Å²) in [5.41, 5.74) is 4.12. The van der Waals surface area contributed by atoms with E-state index in [4.69, 9.17) is 38.0 Å². The maximum absolute atomic E-state index is 9.45. The average molecular weight is 858 g/mol. The minimum Gasteiger partial charge on any atom is -0.497 e. The summed E-state index contributed by atoms with van der Waals surface area (Å²) in [7, 11) is 3.70. The van der Waals surface area contributed by atoms with Crippen LogP contribution in [-0.2, 0) is 30.7 Å². The molecular weight excluding hydrogens is 802 g/mol. The van der Waals surface area contributed by atoms with Crippen LogP contribution in [-0.4, -0.2) is 83.0 Å². The lowest BCUT2D eigenvalue weighted by Gasteiger charge is -2.39. The Kier molecular flexibility index (Phi) is 14.8. The zero-order chi connectivity index (χ0) is 43.6. The molecule has 1 unspecified atom stereocenters. The lowest BCUT2D eigenvalue weighted by molar-refractivity contribution is -0.0912. The van der Waals surface area contributed by atoms with E-state index in [-0.39, 0.29) is 31.7 Å². The first-order valence-corrected chi connectivity index (χ1v) is 22.1. The summed E-state index contributed by atoms with van der Waals surface area (Å²) in [4.78, 5) is 16.3. The van der Waals surface area contributed by atoms with Gasteiger partial charge in [0.05, 0.1) is 52.4 Å². The number of aromatic nitrogens is 4. The van der Waals surface area contributed by atoms with Gasteiger partial charge in [0.15, 0.2) is 17.0 Å². The molecule has 13 nitrogen and oxygen atoms in total. The van der Waals surface area contributed by atoms with Gasteiger partial charge in [0.1, 0.15) is 35.8 Å². The van der Waals surface area contributed by atoms with Gasteiger partial charge in [0.2, 0.25) is 0 Å². The van der Waals surface area contributed by atoms with Crippen molar-refractivity contribution in [1.29, 1.82) is 5.26 Å². The van der Waals surface area contributed by atoms with E-state index in [9.17, 15) is 5.26 Å². The number of methoxy groups -OCH3 is 2. The SMILES string of the molecule is COc1ccc(C(OC[C@H]2O[C@@H](n3cnc4c(N(C)Cc5ccccc5)ncnc43)C[C@@H]2OP(OCCC#N)N(C(C)C)C(C)C)(c2ccccc2)c2ccc(OC)cc2)cc1. The highest BCUT2D eigenvalue weighted by Gasteiger charge is 2.45. The lowest BCUT2D eigenvalue weighted by Crippen LogP contribution is -2.39.